The van der Waals surface area contributed by atoms with Crippen molar-refractivity contribution < 1.29 is 9.53 Å². The van der Waals surface area contributed by atoms with E-state index >= 15 is 0 Å². The van der Waals surface area contributed by atoms with E-state index < -0.39 is 0 Å². The Morgan fingerprint density at radius 2 is 1.69 bits per heavy atom. The molecule has 0 radical (unpaired) electrons. The predicted octanol–water partition coefficient (Wildman–Crippen LogP) is 4.93. The molecule has 0 atom stereocenters. The van der Waals surface area contributed by atoms with Gasteiger partial charge in [0.25, 0.3) is 5.91 Å². The van der Waals surface area contributed by atoms with Crippen molar-refractivity contribution in [2.45, 2.75) is 18.4 Å². The number of likely N-dealkylation sites (N-methyl/N-ethyl adjacent to an activating group) is 1. The molecular weight excluding hydrogens is 362 g/mol. The molecule has 0 spiro atoms. The van der Waals surface area contributed by atoms with Crippen LogP contribution in [0.3, 0.4) is 0 Å². The van der Waals surface area contributed by atoms with E-state index in [2.05, 4.69) is 32.0 Å². The second-order valence-corrected chi connectivity index (χ2v) is 9.32. The lowest BCUT2D eigenvalue weighted by atomic mass is 10.1. The Morgan fingerprint density at radius 1 is 1.08 bits per heavy atom. The van der Waals surface area contributed by atoms with Gasteiger partial charge in [-0.2, -0.15) is 0 Å². The number of benzene rings is 2. The molecule has 3 rings (SSSR count). The van der Waals surface area contributed by atoms with Gasteiger partial charge in [0.1, 0.15) is 12.4 Å². The maximum absolute atomic E-state index is 12.6. The average Bonchev–Trinajstić information content (AvgIpc) is 3.15. The zero-order valence-corrected chi connectivity index (χ0v) is 17.2. The molecule has 0 aliphatic carbocycles. The summed E-state index contributed by atoms with van der Waals surface area (Å²) >= 11 is 3.96. The van der Waals surface area contributed by atoms with Crippen molar-refractivity contribution in [3.63, 3.8) is 0 Å². The minimum absolute atomic E-state index is 0.0345. The number of rotatable bonds is 6. The highest BCUT2D eigenvalue weighted by Gasteiger charge is 2.19. The van der Waals surface area contributed by atoms with Gasteiger partial charge in [-0.3, -0.25) is 4.79 Å². The Kier molecular flexibility index (Phi) is 6.54. The van der Waals surface area contributed by atoms with Crippen LogP contribution in [0.4, 0.5) is 0 Å². The molecule has 1 fully saturated rings. The molecule has 2 aromatic rings. The van der Waals surface area contributed by atoms with E-state index in [1.165, 1.54) is 28.2 Å². The second-order valence-electron chi connectivity index (χ2n) is 6.59. The van der Waals surface area contributed by atoms with Crippen molar-refractivity contribution in [3.8, 4) is 5.75 Å². The van der Waals surface area contributed by atoms with Crippen LogP contribution in [-0.2, 0) is 0 Å². The van der Waals surface area contributed by atoms with Gasteiger partial charge >= 0.3 is 0 Å². The van der Waals surface area contributed by atoms with E-state index in [0.29, 0.717) is 17.7 Å². The summed E-state index contributed by atoms with van der Waals surface area (Å²) in [4.78, 5) is 14.3. The van der Waals surface area contributed by atoms with Crippen LogP contribution >= 0.6 is 23.5 Å². The van der Waals surface area contributed by atoms with E-state index in [9.17, 15) is 4.79 Å². The van der Waals surface area contributed by atoms with Crippen molar-refractivity contribution in [1.82, 2.24) is 4.90 Å². The van der Waals surface area contributed by atoms with E-state index in [4.69, 9.17) is 4.74 Å². The minimum Gasteiger partial charge on any atom is -0.492 e. The first-order valence-corrected chi connectivity index (χ1v) is 10.9. The zero-order chi connectivity index (χ0) is 18.5. The summed E-state index contributed by atoms with van der Waals surface area (Å²) in [6.07, 6.45) is 0. The van der Waals surface area contributed by atoms with Gasteiger partial charge in [-0.25, -0.2) is 0 Å². The van der Waals surface area contributed by atoms with Crippen molar-refractivity contribution in [3.05, 3.63) is 64.7 Å². The van der Waals surface area contributed by atoms with Crippen LogP contribution in [0.15, 0.2) is 42.5 Å². The van der Waals surface area contributed by atoms with Gasteiger partial charge in [-0.15, -0.1) is 23.5 Å². The number of nitrogens with zero attached hydrogens (tertiary/aromatic N) is 1. The average molecular weight is 388 g/mol. The quantitative estimate of drug-likeness (QED) is 0.703. The Morgan fingerprint density at radius 3 is 2.31 bits per heavy atom. The SMILES string of the molecule is Cc1cc(C)cc(OCCN(C)C(=O)c2ccc(C3SCCS3)cc2)c1. The first-order valence-electron chi connectivity index (χ1n) is 8.82. The number of aryl methyl sites for hydroxylation is 2. The number of carbonyl (C=O) groups excluding carboxylic acids is 1. The molecule has 1 amide bonds. The standard InChI is InChI=1S/C21H25NO2S2/c1-15-12-16(2)14-19(13-15)24-9-8-22(3)20(23)17-4-6-18(7-5-17)21-25-10-11-26-21/h4-7,12-14,21H,8-11H2,1-3H3. The van der Waals surface area contributed by atoms with E-state index in [0.717, 1.165) is 11.3 Å². The molecule has 2 aromatic carbocycles. The maximum atomic E-state index is 12.6. The van der Waals surface area contributed by atoms with Crippen LogP contribution in [0.1, 0.15) is 31.6 Å². The van der Waals surface area contributed by atoms with Gasteiger partial charge in [0.15, 0.2) is 0 Å². The molecule has 0 unspecified atom stereocenters. The lowest BCUT2D eigenvalue weighted by Gasteiger charge is -2.18. The van der Waals surface area contributed by atoms with Crippen molar-refractivity contribution in [2.75, 3.05) is 31.7 Å². The lowest BCUT2D eigenvalue weighted by molar-refractivity contribution is 0.0773. The van der Waals surface area contributed by atoms with Crippen molar-refractivity contribution >= 4 is 29.4 Å². The third kappa shape index (κ3) is 4.98. The Labute approximate surface area is 164 Å². The third-order valence-corrected chi connectivity index (χ3v) is 7.39. The highest BCUT2D eigenvalue weighted by Crippen LogP contribution is 2.45. The molecule has 1 aliphatic heterocycles. The molecule has 0 N–H and O–H groups in total. The molecule has 0 bridgehead atoms. The van der Waals surface area contributed by atoms with Crippen LogP contribution < -0.4 is 4.74 Å². The van der Waals surface area contributed by atoms with Gasteiger partial charge in [-0.05, 0) is 54.8 Å². The second kappa shape index (κ2) is 8.87. The number of hydrogen-bond acceptors (Lipinski definition) is 4. The number of carbonyl (C=O) groups is 1. The number of ether oxygens (including phenoxy) is 1. The molecule has 3 nitrogen and oxygen atoms in total. The summed E-state index contributed by atoms with van der Waals surface area (Å²) < 4.78 is 6.33. The van der Waals surface area contributed by atoms with E-state index in [1.54, 1.807) is 4.90 Å². The molecule has 0 saturated carbocycles. The van der Waals surface area contributed by atoms with Crippen LogP contribution in [0, 0.1) is 13.8 Å². The predicted molar refractivity (Wildman–Crippen MR) is 112 cm³/mol. The smallest absolute Gasteiger partial charge is 0.253 e. The third-order valence-electron chi connectivity index (χ3n) is 4.29. The molecule has 0 aromatic heterocycles. The number of thioether (sulfide) groups is 2. The van der Waals surface area contributed by atoms with E-state index in [1.807, 2.05) is 54.8 Å². The molecular formula is C21H25NO2S2. The maximum Gasteiger partial charge on any atom is 0.253 e. The van der Waals surface area contributed by atoms with Gasteiger partial charge in [-0.1, -0.05) is 18.2 Å². The fourth-order valence-electron chi connectivity index (χ4n) is 2.97. The fourth-order valence-corrected chi connectivity index (χ4v) is 5.83. The van der Waals surface area contributed by atoms with Gasteiger partial charge in [0, 0.05) is 24.1 Å². The fraction of sp³-hybridized carbons (Fsp3) is 0.381. The highest BCUT2D eigenvalue weighted by molar-refractivity contribution is 8.19. The molecule has 5 heteroatoms. The topological polar surface area (TPSA) is 29.5 Å². The first kappa shape index (κ1) is 19.2. The largest absolute Gasteiger partial charge is 0.492 e. The molecule has 1 saturated heterocycles. The normalized spacial score (nSPS) is 14.4. The summed E-state index contributed by atoms with van der Waals surface area (Å²) in [6.45, 7) is 5.16. The summed E-state index contributed by atoms with van der Waals surface area (Å²) in [7, 11) is 1.82. The number of hydrogen-bond donors (Lipinski definition) is 0. The Hall–Kier alpha value is -1.59. The summed E-state index contributed by atoms with van der Waals surface area (Å²) in [5.41, 5.74) is 4.40. The summed E-state index contributed by atoms with van der Waals surface area (Å²) in [5, 5.41) is 0. The van der Waals surface area contributed by atoms with Crippen LogP contribution in [0.25, 0.3) is 0 Å². The van der Waals surface area contributed by atoms with Crippen molar-refractivity contribution in [2.24, 2.45) is 0 Å². The molecule has 1 aliphatic rings. The zero-order valence-electron chi connectivity index (χ0n) is 15.5. The Balaban J connectivity index is 1.52. The van der Waals surface area contributed by atoms with Gasteiger partial charge in [0.2, 0.25) is 0 Å². The summed E-state index contributed by atoms with van der Waals surface area (Å²) in [5.74, 6) is 3.31. The molecule has 138 valence electrons. The monoisotopic (exact) mass is 387 g/mol. The highest BCUT2D eigenvalue weighted by atomic mass is 32.2. The first-order chi connectivity index (χ1) is 12.5. The van der Waals surface area contributed by atoms with Crippen LogP contribution in [0.5, 0.6) is 5.75 Å². The summed E-state index contributed by atoms with van der Waals surface area (Å²) in [6, 6.07) is 14.2. The van der Waals surface area contributed by atoms with Crippen molar-refractivity contribution in [1.29, 1.82) is 0 Å². The van der Waals surface area contributed by atoms with Crippen LogP contribution in [0.2, 0.25) is 0 Å². The lowest BCUT2D eigenvalue weighted by Crippen LogP contribution is -2.30. The molecule has 1 heterocycles. The molecule has 26 heavy (non-hydrogen) atoms. The van der Waals surface area contributed by atoms with Gasteiger partial charge in [0.05, 0.1) is 11.1 Å². The van der Waals surface area contributed by atoms with Gasteiger partial charge < -0.3 is 9.64 Å². The Bertz CT molecular complexity index is 735. The minimum atomic E-state index is 0.0345. The van der Waals surface area contributed by atoms with E-state index in [-0.39, 0.29) is 5.91 Å². The van der Waals surface area contributed by atoms with Crippen LogP contribution in [-0.4, -0.2) is 42.5 Å². The number of amides is 1.